The molecule has 25 heavy (non-hydrogen) atoms. The van der Waals surface area contributed by atoms with Crippen molar-refractivity contribution >= 4 is 17.7 Å². The first-order valence-electron chi connectivity index (χ1n) is 9.05. The second kappa shape index (κ2) is 8.14. The van der Waals surface area contributed by atoms with Crippen LogP contribution in [-0.4, -0.2) is 60.2 Å². The molecule has 1 aromatic rings. The minimum absolute atomic E-state index is 0.0139. The zero-order valence-corrected chi connectivity index (χ0v) is 14.4. The number of carbonyl (C=O) groups excluding carboxylic acids is 3. The highest BCUT2D eigenvalue weighted by Gasteiger charge is 2.28. The van der Waals surface area contributed by atoms with Gasteiger partial charge in [-0.25, -0.2) is 4.79 Å². The summed E-state index contributed by atoms with van der Waals surface area (Å²) in [5.74, 6) is 0.113. The van der Waals surface area contributed by atoms with Gasteiger partial charge in [-0.15, -0.1) is 0 Å². The Kier molecular flexibility index (Phi) is 5.68. The normalized spacial score (nSPS) is 18.2. The van der Waals surface area contributed by atoms with Crippen molar-refractivity contribution in [2.45, 2.75) is 25.7 Å². The SMILES string of the molecule is O=C(c1ccccc1)C1CCN(C(=O)NCC(=O)N2CCCC2)CC1. The first-order chi connectivity index (χ1) is 12.1. The predicted molar refractivity (Wildman–Crippen MR) is 94.3 cm³/mol. The van der Waals surface area contributed by atoms with E-state index in [1.54, 1.807) is 9.80 Å². The summed E-state index contributed by atoms with van der Waals surface area (Å²) in [5.41, 5.74) is 0.738. The third-order valence-corrected chi connectivity index (χ3v) is 5.06. The van der Waals surface area contributed by atoms with Crippen molar-refractivity contribution in [1.82, 2.24) is 15.1 Å². The summed E-state index contributed by atoms with van der Waals surface area (Å²) in [7, 11) is 0. The third-order valence-electron chi connectivity index (χ3n) is 5.06. The number of rotatable bonds is 4. The molecule has 6 heteroatoms. The largest absolute Gasteiger partial charge is 0.341 e. The second-order valence-electron chi connectivity index (χ2n) is 6.74. The molecule has 2 saturated heterocycles. The van der Waals surface area contributed by atoms with Crippen LogP contribution in [0.1, 0.15) is 36.0 Å². The lowest BCUT2D eigenvalue weighted by Gasteiger charge is -2.31. The molecule has 6 nitrogen and oxygen atoms in total. The Morgan fingerprint density at radius 3 is 2.20 bits per heavy atom. The van der Waals surface area contributed by atoms with Crippen molar-refractivity contribution < 1.29 is 14.4 Å². The number of benzene rings is 1. The summed E-state index contributed by atoms with van der Waals surface area (Å²) < 4.78 is 0. The van der Waals surface area contributed by atoms with Gasteiger partial charge < -0.3 is 15.1 Å². The zero-order valence-electron chi connectivity index (χ0n) is 14.4. The van der Waals surface area contributed by atoms with E-state index in [1.807, 2.05) is 30.3 Å². The van der Waals surface area contributed by atoms with Crippen molar-refractivity contribution in [2.24, 2.45) is 5.92 Å². The van der Waals surface area contributed by atoms with Gasteiger partial charge in [0, 0.05) is 37.7 Å². The van der Waals surface area contributed by atoms with Crippen molar-refractivity contribution in [3.05, 3.63) is 35.9 Å². The maximum atomic E-state index is 12.5. The molecule has 3 rings (SSSR count). The van der Waals surface area contributed by atoms with Crippen molar-refractivity contribution in [3.8, 4) is 0 Å². The molecule has 0 aromatic heterocycles. The minimum Gasteiger partial charge on any atom is -0.341 e. The fourth-order valence-corrected chi connectivity index (χ4v) is 3.52. The van der Waals surface area contributed by atoms with E-state index in [-0.39, 0.29) is 30.2 Å². The molecule has 2 aliphatic rings. The molecule has 134 valence electrons. The van der Waals surface area contributed by atoms with E-state index in [0.717, 1.165) is 31.5 Å². The third kappa shape index (κ3) is 4.38. The summed E-state index contributed by atoms with van der Waals surface area (Å²) in [4.78, 5) is 40.2. The van der Waals surface area contributed by atoms with Gasteiger partial charge in [-0.3, -0.25) is 9.59 Å². The number of ketones is 1. The quantitative estimate of drug-likeness (QED) is 0.849. The van der Waals surface area contributed by atoms with Crippen LogP contribution < -0.4 is 5.32 Å². The van der Waals surface area contributed by atoms with Gasteiger partial charge in [0.25, 0.3) is 0 Å². The fraction of sp³-hybridized carbons (Fsp3) is 0.526. The Hall–Kier alpha value is -2.37. The molecule has 1 N–H and O–H groups in total. The average Bonchev–Trinajstić information content (AvgIpc) is 3.21. The lowest BCUT2D eigenvalue weighted by molar-refractivity contribution is -0.129. The number of hydrogen-bond donors (Lipinski definition) is 1. The highest BCUT2D eigenvalue weighted by Crippen LogP contribution is 2.21. The van der Waals surface area contributed by atoms with Crippen LogP contribution in [0, 0.1) is 5.92 Å². The van der Waals surface area contributed by atoms with Crippen molar-refractivity contribution in [1.29, 1.82) is 0 Å². The van der Waals surface area contributed by atoms with Crippen molar-refractivity contribution in [2.75, 3.05) is 32.7 Å². The van der Waals surface area contributed by atoms with Crippen LogP contribution >= 0.6 is 0 Å². The molecule has 0 atom stereocenters. The van der Waals surface area contributed by atoms with Crippen LogP contribution in [0.25, 0.3) is 0 Å². The van der Waals surface area contributed by atoms with Gasteiger partial charge in [0.05, 0.1) is 6.54 Å². The topological polar surface area (TPSA) is 69.7 Å². The van der Waals surface area contributed by atoms with Crippen LogP contribution in [0.15, 0.2) is 30.3 Å². The van der Waals surface area contributed by atoms with E-state index < -0.39 is 0 Å². The number of likely N-dealkylation sites (tertiary alicyclic amines) is 2. The summed E-state index contributed by atoms with van der Waals surface area (Å²) >= 11 is 0. The molecule has 1 aromatic carbocycles. The van der Waals surface area contributed by atoms with E-state index in [0.29, 0.717) is 25.9 Å². The molecule has 0 unspecified atom stereocenters. The molecule has 0 saturated carbocycles. The standard InChI is InChI=1S/C19H25N3O3/c23-17(21-10-4-5-11-21)14-20-19(25)22-12-8-16(9-13-22)18(24)15-6-2-1-3-7-15/h1-3,6-7,16H,4-5,8-14H2,(H,20,25). The smallest absolute Gasteiger partial charge is 0.317 e. The highest BCUT2D eigenvalue weighted by atomic mass is 16.2. The Labute approximate surface area is 148 Å². The summed E-state index contributed by atoms with van der Waals surface area (Å²) in [6.07, 6.45) is 3.42. The van der Waals surface area contributed by atoms with Gasteiger partial charge in [-0.2, -0.15) is 0 Å². The second-order valence-corrected chi connectivity index (χ2v) is 6.74. The van der Waals surface area contributed by atoms with Gasteiger partial charge in [-0.05, 0) is 25.7 Å². The van der Waals surface area contributed by atoms with E-state index in [9.17, 15) is 14.4 Å². The average molecular weight is 343 g/mol. The Morgan fingerprint density at radius 2 is 1.56 bits per heavy atom. The molecule has 0 radical (unpaired) electrons. The lowest BCUT2D eigenvalue weighted by Crippen LogP contribution is -2.48. The number of Topliss-reactive ketones (excluding diaryl/α,β-unsaturated/α-hetero) is 1. The molecule has 2 aliphatic heterocycles. The predicted octanol–water partition coefficient (Wildman–Crippen LogP) is 1.91. The number of carbonyl (C=O) groups is 3. The van der Waals surface area contributed by atoms with Gasteiger partial charge in [0.2, 0.25) is 5.91 Å². The van der Waals surface area contributed by atoms with Crippen molar-refractivity contribution in [3.63, 3.8) is 0 Å². The molecule has 0 spiro atoms. The summed E-state index contributed by atoms with van der Waals surface area (Å²) in [5, 5.41) is 2.72. The van der Waals surface area contributed by atoms with E-state index in [2.05, 4.69) is 5.32 Å². The molecule has 2 fully saturated rings. The number of amides is 3. The zero-order chi connectivity index (χ0) is 17.6. The molecule has 0 bridgehead atoms. The fourth-order valence-electron chi connectivity index (χ4n) is 3.52. The number of hydrogen-bond acceptors (Lipinski definition) is 3. The Balaban J connectivity index is 1.43. The Morgan fingerprint density at radius 1 is 0.920 bits per heavy atom. The van der Waals surface area contributed by atoms with Gasteiger partial charge in [-0.1, -0.05) is 30.3 Å². The number of urea groups is 1. The highest BCUT2D eigenvalue weighted by molar-refractivity contribution is 5.98. The number of nitrogens with zero attached hydrogens (tertiary/aromatic N) is 2. The van der Waals surface area contributed by atoms with Crippen LogP contribution in [0.3, 0.4) is 0 Å². The Bertz CT molecular complexity index is 618. The van der Waals surface area contributed by atoms with Gasteiger partial charge in [0.1, 0.15) is 0 Å². The maximum Gasteiger partial charge on any atom is 0.317 e. The van der Waals surface area contributed by atoms with Crippen LogP contribution in [0.2, 0.25) is 0 Å². The molecular weight excluding hydrogens is 318 g/mol. The number of piperidine rings is 1. The first kappa shape index (κ1) is 17.5. The number of nitrogens with one attached hydrogen (secondary N) is 1. The van der Waals surface area contributed by atoms with E-state index in [1.165, 1.54) is 0 Å². The van der Waals surface area contributed by atoms with Crippen LogP contribution in [-0.2, 0) is 4.79 Å². The van der Waals surface area contributed by atoms with Gasteiger partial charge in [0.15, 0.2) is 5.78 Å². The molecule has 0 aliphatic carbocycles. The monoisotopic (exact) mass is 343 g/mol. The maximum absolute atomic E-state index is 12.5. The van der Waals surface area contributed by atoms with E-state index in [4.69, 9.17) is 0 Å². The molecule has 3 amide bonds. The van der Waals surface area contributed by atoms with Crippen LogP contribution in [0.5, 0.6) is 0 Å². The summed E-state index contributed by atoms with van der Waals surface area (Å²) in [6, 6.07) is 9.10. The minimum atomic E-state index is -0.210. The van der Waals surface area contributed by atoms with Gasteiger partial charge >= 0.3 is 6.03 Å². The van der Waals surface area contributed by atoms with Crippen LogP contribution in [0.4, 0.5) is 4.79 Å². The molecule has 2 heterocycles. The molecular formula is C19H25N3O3. The first-order valence-corrected chi connectivity index (χ1v) is 9.05. The summed E-state index contributed by atoms with van der Waals surface area (Å²) in [6.45, 7) is 2.74. The lowest BCUT2D eigenvalue weighted by atomic mass is 9.89. The van der Waals surface area contributed by atoms with E-state index >= 15 is 0 Å².